The number of amides is 1. The number of carboxylic acid groups (broad SMARTS) is 1. The van der Waals surface area contributed by atoms with Crippen LogP contribution in [0.15, 0.2) is 18.2 Å². The summed E-state index contributed by atoms with van der Waals surface area (Å²) in [5.41, 5.74) is 0.308. The Balaban J connectivity index is 2.25. The van der Waals surface area contributed by atoms with E-state index in [9.17, 15) is 14.3 Å². The van der Waals surface area contributed by atoms with Crippen molar-refractivity contribution in [3.63, 3.8) is 0 Å². The third-order valence-corrected chi connectivity index (χ3v) is 3.60. The quantitative estimate of drug-likeness (QED) is 0.879. The minimum absolute atomic E-state index is 0.187. The number of benzene rings is 1. The maximum absolute atomic E-state index is 13.3. The zero-order valence-corrected chi connectivity index (χ0v) is 11.0. The van der Waals surface area contributed by atoms with E-state index in [1.54, 1.807) is 0 Å². The predicted molar refractivity (Wildman–Crippen MR) is 68.7 cm³/mol. The highest BCUT2D eigenvalue weighted by molar-refractivity contribution is 6.30. The highest BCUT2D eigenvalue weighted by atomic mass is 35.5. The molecular weight excluding hydrogens is 273 g/mol. The highest BCUT2D eigenvalue weighted by Gasteiger charge is 2.33. The Hall–Kier alpha value is -1.33. The molecule has 1 aromatic rings. The van der Waals surface area contributed by atoms with Crippen LogP contribution in [0.25, 0.3) is 0 Å². The Morgan fingerprint density at radius 2 is 2.16 bits per heavy atom. The van der Waals surface area contributed by atoms with E-state index in [4.69, 9.17) is 16.7 Å². The molecule has 2 rings (SSSR count). The highest BCUT2D eigenvalue weighted by Crippen LogP contribution is 2.30. The smallest absolute Gasteiger partial charge is 0.407 e. The molecule has 0 spiro atoms. The number of likely N-dealkylation sites (tertiary alicyclic amines) is 1. The third-order valence-electron chi connectivity index (χ3n) is 3.39. The molecule has 1 heterocycles. The number of hydrogen-bond donors (Lipinski definition) is 2. The molecule has 0 aromatic heterocycles. The van der Waals surface area contributed by atoms with Crippen molar-refractivity contribution in [1.29, 1.82) is 0 Å². The molecule has 104 valence electrons. The van der Waals surface area contributed by atoms with E-state index in [-0.39, 0.29) is 5.02 Å². The van der Waals surface area contributed by atoms with Crippen LogP contribution in [0.5, 0.6) is 0 Å². The Morgan fingerprint density at radius 1 is 1.42 bits per heavy atom. The number of halogens is 2. The van der Waals surface area contributed by atoms with Crippen molar-refractivity contribution in [2.45, 2.75) is 31.4 Å². The first-order valence-electron chi connectivity index (χ1n) is 6.12. The summed E-state index contributed by atoms with van der Waals surface area (Å²) in [6, 6.07) is 3.24. The van der Waals surface area contributed by atoms with E-state index in [0.717, 1.165) is 18.9 Å². The van der Waals surface area contributed by atoms with Crippen molar-refractivity contribution in [3.05, 3.63) is 34.6 Å². The second kappa shape index (κ2) is 5.75. The molecule has 6 heteroatoms. The molecule has 0 unspecified atom stereocenters. The summed E-state index contributed by atoms with van der Waals surface area (Å²) in [5, 5.41) is 19.6. The lowest BCUT2D eigenvalue weighted by atomic mass is 9.93. The summed E-state index contributed by atoms with van der Waals surface area (Å²) in [7, 11) is 0. The van der Waals surface area contributed by atoms with Gasteiger partial charge in [0.25, 0.3) is 0 Å². The van der Waals surface area contributed by atoms with Crippen LogP contribution >= 0.6 is 11.6 Å². The Morgan fingerprint density at radius 3 is 2.79 bits per heavy atom. The number of hydrogen-bond acceptors (Lipinski definition) is 2. The zero-order chi connectivity index (χ0) is 14.0. The third kappa shape index (κ3) is 3.16. The molecule has 1 aliphatic rings. The van der Waals surface area contributed by atoms with Gasteiger partial charge in [-0.05, 0) is 43.0 Å². The van der Waals surface area contributed by atoms with Gasteiger partial charge in [0.2, 0.25) is 0 Å². The van der Waals surface area contributed by atoms with Crippen molar-refractivity contribution in [2.75, 3.05) is 6.54 Å². The van der Waals surface area contributed by atoms with Crippen LogP contribution in [0.3, 0.4) is 0 Å². The average molecular weight is 288 g/mol. The largest absolute Gasteiger partial charge is 0.465 e. The first-order chi connectivity index (χ1) is 8.99. The minimum Gasteiger partial charge on any atom is -0.465 e. The molecule has 1 fully saturated rings. The average Bonchev–Trinajstić information content (AvgIpc) is 2.36. The van der Waals surface area contributed by atoms with Crippen LogP contribution in [-0.4, -0.2) is 33.8 Å². The van der Waals surface area contributed by atoms with Gasteiger partial charge in [0.05, 0.1) is 12.1 Å². The number of nitrogens with zero attached hydrogens (tertiary/aromatic N) is 1. The van der Waals surface area contributed by atoms with E-state index in [0.29, 0.717) is 18.5 Å². The first kappa shape index (κ1) is 14.1. The van der Waals surface area contributed by atoms with Gasteiger partial charge in [-0.1, -0.05) is 11.6 Å². The fraction of sp³-hybridized carbons (Fsp3) is 0.462. The second-order valence-corrected chi connectivity index (χ2v) is 5.12. The Labute approximate surface area is 115 Å². The monoisotopic (exact) mass is 287 g/mol. The Bertz CT molecular complexity index is 463. The zero-order valence-electron chi connectivity index (χ0n) is 10.2. The van der Waals surface area contributed by atoms with Crippen LogP contribution in [0, 0.1) is 5.82 Å². The van der Waals surface area contributed by atoms with Crippen LogP contribution < -0.4 is 0 Å². The molecule has 19 heavy (non-hydrogen) atoms. The lowest BCUT2D eigenvalue weighted by Crippen LogP contribution is -2.46. The van der Waals surface area contributed by atoms with Crippen molar-refractivity contribution < 1.29 is 19.4 Å². The number of aliphatic hydroxyl groups excluding tert-OH is 1. The molecule has 2 N–H and O–H groups in total. The van der Waals surface area contributed by atoms with Gasteiger partial charge >= 0.3 is 6.09 Å². The number of piperidine rings is 1. The van der Waals surface area contributed by atoms with Gasteiger partial charge in [0.15, 0.2) is 0 Å². The molecular formula is C13H15ClFNO3. The van der Waals surface area contributed by atoms with E-state index < -0.39 is 24.1 Å². The number of aliphatic hydroxyl groups is 1. The van der Waals surface area contributed by atoms with Crippen LogP contribution in [0.2, 0.25) is 5.02 Å². The maximum Gasteiger partial charge on any atom is 0.407 e. The van der Waals surface area contributed by atoms with Crippen molar-refractivity contribution >= 4 is 17.7 Å². The fourth-order valence-corrected chi connectivity index (χ4v) is 2.72. The molecule has 0 radical (unpaired) electrons. The summed E-state index contributed by atoms with van der Waals surface area (Å²) in [6.07, 6.45) is 0.0473. The van der Waals surface area contributed by atoms with Crippen LogP contribution in [-0.2, 0) is 0 Å². The summed E-state index contributed by atoms with van der Waals surface area (Å²) >= 11 is 5.75. The van der Waals surface area contributed by atoms with Gasteiger partial charge in [-0.25, -0.2) is 9.18 Å². The molecule has 1 aromatic carbocycles. The standard InChI is InChI=1S/C13H15ClFNO3/c14-9-5-8(6-10(15)7-9)12(17)11-3-1-2-4-16(11)13(18)19/h5-7,11-12,17H,1-4H2,(H,18,19)/t11-,12+/m0/s1. The molecule has 1 amide bonds. The molecule has 2 atom stereocenters. The van der Waals surface area contributed by atoms with E-state index in [1.165, 1.54) is 17.0 Å². The number of carbonyl (C=O) groups is 1. The summed E-state index contributed by atoms with van der Waals surface area (Å²) in [4.78, 5) is 12.4. The summed E-state index contributed by atoms with van der Waals surface area (Å²) in [6.45, 7) is 0.389. The van der Waals surface area contributed by atoms with Crippen molar-refractivity contribution in [1.82, 2.24) is 4.90 Å². The van der Waals surface area contributed by atoms with Gasteiger partial charge in [0, 0.05) is 11.6 Å². The number of rotatable bonds is 2. The van der Waals surface area contributed by atoms with Gasteiger partial charge in [0.1, 0.15) is 5.82 Å². The summed E-state index contributed by atoms with van der Waals surface area (Å²) < 4.78 is 13.3. The molecule has 4 nitrogen and oxygen atoms in total. The molecule has 0 saturated carbocycles. The van der Waals surface area contributed by atoms with Crippen molar-refractivity contribution in [3.8, 4) is 0 Å². The van der Waals surface area contributed by atoms with Crippen LogP contribution in [0.4, 0.5) is 9.18 Å². The predicted octanol–water partition coefficient (Wildman–Crippen LogP) is 3.05. The second-order valence-electron chi connectivity index (χ2n) is 4.69. The van der Waals surface area contributed by atoms with Gasteiger partial charge in [-0.15, -0.1) is 0 Å². The minimum atomic E-state index is -1.07. The maximum atomic E-state index is 13.3. The topological polar surface area (TPSA) is 60.8 Å². The van der Waals surface area contributed by atoms with Crippen LogP contribution in [0.1, 0.15) is 30.9 Å². The first-order valence-corrected chi connectivity index (χ1v) is 6.50. The normalized spacial score (nSPS) is 21.2. The van der Waals surface area contributed by atoms with E-state index in [1.807, 2.05) is 0 Å². The molecule has 1 saturated heterocycles. The fourth-order valence-electron chi connectivity index (χ4n) is 2.49. The molecule has 1 aliphatic heterocycles. The van der Waals surface area contributed by atoms with Gasteiger partial charge in [-0.2, -0.15) is 0 Å². The van der Waals surface area contributed by atoms with Gasteiger partial charge in [-0.3, -0.25) is 0 Å². The molecule has 0 aliphatic carbocycles. The Kier molecular flexibility index (Phi) is 4.27. The van der Waals surface area contributed by atoms with E-state index in [2.05, 4.69) is 0 Å². The summed E-state index contributed by atoms with van der Waals surface area (Å²) in [5.74, 6) is -0.542. The van der Waals surface area contributed by atoms with Crippen molar-refractivity contribution in [2.24, 2.45) is 0 Å². The van der Waals surface area contributed by atoms with E-state index >= 15 is 0 Å². The lowest BCUT2D eigenvalue weighted by molar-refractivity contribution is 0.0284. The molecule has 0 bridgehead atoms. The SMILES string of the molecule is O=C(O)N1CCCC[C@H]1[C@H](O)c1cc(F)cc(Cl)c1. The lowest BCUT2D eigenvalue weighted by Gasteiger charge is -2.36. The van der Waals surface area contributed by atoms with Gasteiger partial charge < -0.3 is 15.1 Å².